The summed E-state index contributed by atoms with van der Waals surface area (Å²) in [6.45, 7) is 12.9. The molecule has 6 rings (SSSR count). The Kier molecular flexibility index (Phi) is 3.54. The highest BCUT2D eigenvalue weighted by atomic mass is 15.3. The van der Waals surface area contributed by atoms with Gasteiger partial charge in [-0.2, -0.15) is 0 Å². The van der Waals surface area contributed by atoms with Crippen LogP contribution >= 0.6 is 0 Å². The van der Waals surface area contributed by atoms with Gasteiger partial charge >= 0.3 is 0 Å². The smallest absolute Gasteiger partial charge is 0.150 e. The average molecular weight is 405 g/mol. The van der Waals surface area contributed by atoms with E-state index >= 15 is 0 Å². The molecule has 0 amide bonds. The molecule has 0 fully saturated rings. The number of benzene rings is 3. The van der Waals surface area contributed by atoms with Gasteiger partial charge in [-0.05, 0) is 111 Å². The summed E-state index contributed by atoms with van der Waals surface area (Å²) in [4.78, 5) is 17.6. The topological polar surface area (TPSA) is 40.3 Å². The van der Waals surface area contributed by atoms with Crippen LogP contribution in [0.25, 0.3) is 0 Å². The van der Waals surface area contributed by atoms with Crippen LogP contribution in [0, 0.1) is 41.5 Å². The molecule has 0 saturated heterocycles. The Balaban J connectivity index is 1.76. The van der Waals surface area contributed by atoms with Crippen molar-refractivity contribution in [3.8, 4) is 0 Å². The summed E-state index contributed by atoms with van der Waals surface area (Å²) in [5.41, 5.74) is 13.6. The van der Waals surface area contributed by atoms with Crippen LogP contribution in [0.4, 0.5) is 17.1 Å². The van der Waals surface area contributed by atoms with Crippen LogP contribution < -0.4 is 0 Å². The minimum absolute atomic E-state index is 0.918. The fraction of sp³-hybridized carbons (Fsp3) is 0.222. The molecule has 152 valence electrons. The van der Waals surface area contributed by atoms with Crippen LogP contribution in [0.2, 0.25) is 0 Å². The Morgan fingerprint density at radius 3 is 0.968 bits per heavy atom. The third-order valence-corrected chi connectivity index (χ3v) is 6.87. The number of rotatable bonds is 0. The molecule has 3 heterocycles. The summed E-state index contributed by atoms with van der Waals surface area (Å²) in [7, 11) is 0. The van der Waals surface area contributed by atoms with Crippen molar-refractivity contribution in [2.45, 2.75) is 41.5 Å². The first-order chi connectivity index (χ1) is 14.8. The van der Waals surface area contributed by atoms with Crippen molar-refractivity contribution in [2.75, 3.05) is 0 Å². The molecule has 0 spiro atoms. The highest BCUT2D eigenvalue weighted by Crippen LogP contribution is 2.42. The summed E-state index contributed by atoms with van der Waals surface area (Å²) in [6.07, 6.45) is 0. The molecule has 3 aromatic rings. The Morgan fingerprint density at radius 2 is 0.677 bits per heavy atom. The van der Waals surface area contributed by atoms with Crippen LogP contribution in [-0.2, 0) is 0 Å². The average Bonchev–Trinajstić information content (AvgIpc) is 2.72. The van der Waals surface area contributed by atoms with Gasteiger partial charge < -0.3 is 0 Å². The van der Waals surface area contributed by atoms with Gasteiger partial charge in [0, 0.05) is 16.7 Å². The van der Waals surface area contributed by atoms with Crippen molar-refractivity contribution in [3.63, 3.8) is 0 Å². The molecule has 31 heavy (non-hydrogen) atoms. The number of nitrogens with zero attached hydrogens (tertiary/aromatic N) is 4. The Labute approximate surface area is 182 Å². The predicted molar refractivity (Wildman–Crippen MR) is 128 cm³/mol. The number of aliphatic imine (C=N–C) groups is 3. The van der Waals surface area contributed by atoms with E-state index in [1.165, 1.54) is 33.4 Å². The van der Waals surface area contributed by atoms with Gasteiger partial charge in [0.25, 0.3) is 0 Å². The van der Waals surface area contributed by atoms with Crippen molar-refractivity contribution < 1.29 is 0 Å². The number of hydrogen-bond acceptors (Lipinski definition) is 4. The number of aryl methyl sites for hydroxylation is 6. The van der Waals surface area contributed by atoms with Crippen LogP contribution in [0.1, 0.15) is 50.1 Å². The second kappa shape index (κ2) is 6.01. The molecule has 0 unspecified atom stereocenters. The van der Waals surface area contributed by atoms with Crippen LogP contribution in [0.5, 0.6) is 0 Å². The molecule has 3 aromatic carbocycles. The minimum Gasteiger partial charge on any atom is -0.261 e. The fourth-order valence-corrected chi connectivity index (χ4v) is 4.55. The van der Waals surface area contributed by atoms with E-state index in [1.54, 1.807) is 0 Å². The molecular formula is C27H24N4. The largest absolute Gasteiger partial charge is 0.261 e. The summed E-state index contributed by atoms with van der Waals surface area (Å²) in [5.74, 6) is 2.75. The maximum atomic E-state index is 5.16. The third kappa shape index (κ3) is 2.45. The Morgan fingerprint density at radius 1 is 0.419 bits per heavy atom. The lowest BCUT2D eigenvalue weighted by atomic mass is 9.93. The first kappa shape index (κ1) is 18.3. The van der Waals surface area contributed by atoms with Gasteiger partial charge in [-0.3, -0.25) is 4.90 Å². The second-order valence-electron chi connectivity index (χ2n) is 9.00. The summed E-state index contributed by atoms with van der Waals surface area (Å²) < 4.78 is 0. The molecule has 0 radical (unpaired) electrons. The van der Waals surface area contributed by atoms with Gasteiger partial charge in [0.05, 0.1) is 17.1 Å². The molecule has 0 aliphatic carbocycles. The van der Waals surface area contributed by atoms with E-state index in [0.717, 1.165) is 51.3 Å². The van der Waals surface area contributed by atoms with Gasteiger partial charge in [-0.15, -0.1) is 0 Å². The zero-order chi connectivity index (χ0) is 21.6. The van der Waals surface area contributed by atoms with E-state index in [4.69, 9.17) is 15.0 Å². The van der Waals surface area contributed by atoms with E-state index in [-0.39, 0.29) is 0 Å². The third-order valence-electron chi connectivity index (χ3n) is 6.87. The lowest BCUT2D eigenvalue weighted by molar-refractivity contribution is 0.861. The first-order valence-electron chi connectivity index (χ1n) is 10.7. The van der Waals surface area contributed by atoms with Gasteiger partial charge in [-0.1, -0.05) is 0 Å². The highest BCUT2D eigenvalue weighted by molar-refractivity contribution is 6.36. The molecule has 4 heteroatoms. The molecule has 3 aliphatic heterocycles. The monoisotopic (exact) mass is 404 g/mol. The molecule has 0 N–H and O–H groups in total. The first-order valence-corrected chi connectivity index (χ1v) is 10.7. The Hall–Kier alpha value is -3.53. The van der Waals surface area contributed by atoms with Crippen LogP contribution in [0.15, 0.2) is 51.4 Å². The SMILES string of the molecule is Cc1cc2c(cc1C)C1=Nc3cc(C)c(C)cc3C3=Nc4cc(C)c(C)cc4C(=N2)N13. The van der Waals surface area contributed by atoms with Crippen molar-refractivity contribution in [2.24, 2.45) is 15.0 Å². The van der Waals surface area contributed by atoms with E-state index in [1.807, 2.05) is 0 Å². The summed E-state index contributed by atoms with van der Waals surface area (Å²) in [6, 6.07) is 13.2. The van der Waals surface area contributed by atoms with E-state index in [2.05, 4.69) is 82.8 Å². The molecule has 0 aromatic heterocycles. The molecule has 3 aliphatic rings. The minimum atomic E-state index is 0.918. The number of fused-ring (bicyclic) bond motifs is 6. The predicted octanol–water partition coefficient (Wildman–Crippen LogP) is 6.41. The zero-order valence-electron chi connectivity index (χ0n) is 18.8. The second-order valence-corrected chi connectivity index (χ2v) is 9.00. The maximum absolute atomic E-state index is 5.16. The van der Waals surface area contributed by atoms with Gasteiger partial charge in [0.2, 0.25) is 0 Å². The highest BCUT2D eigenvalue weighted by Gasteiger charge is 2.39. The molecule has 0 atom stereocenters. The Bertz CT molecular complexity index is 1260. The number of hydrogen-bond donors (Lipinski definition) is 0. The van der Waals surface area contributed by atoms with E-state index in [9.17, 15) is 0 Å². The van der Waals surface area contributed by atoms with Gasteiger partial charge in [-0.25, -0.2) is 15.0 Å². The lowest BCUT2D eigenvalue weighted by Crippen LogP contribution is -2.48. The maximum Gasteiger partial charge on any atom is 0.150 e. The molecule has 0 bridgehead atoms. The van der Waals surface area contributed by atoms with E-state index in [0.29, 0.717) is 0 Å². The summed E-state index contributed by atoms with van der Waals surface area (Å²) >= 11 is 0. The number of amidine groups is 3. The lowest BCUT2D eigenvalue weighted by Gasteiger charge is -2.39. The van der Waals surface area contributed by atoms with Crippen LogP contribution in [-0.4, -0.2) is 22.4 Å². The van der Waals surface area contributed by atoms with Crippen molar-refractivity contribution in [3.05, 3.63) is 86.5 Å². The van der Waals surface area contributed by atoms with E-state index < -0.39 is 0 Å². The van der Waals surface area contributed by atoms with Crippen molar-refractivity contribution in [1.82, 2.24) is 4.90 Å². The van der Waals surface area contributed by atoms with Crippen molar-refractivity contribution in [1.29, 1.82) is 0 Å². The summed E-state index contributed by atoms with van der Waals surface area (Å²) in [5, 5.41) is 0. The zero-order valence-corrected chi connectivity index (χ0v) is 18.8. The van der Waals surface area contributed by atoms with Gasteiger partial charge in [0.1, 0.15) is 17.5 Å². The molecule has 0 saturated carbocycles. The van der Waals surface area contributed by atoms with Crippen LogP contribution in [0.3, 0.4) is 0 Å². The molecular weight excluding hydrogens is 380 g/mol. The molecule has 4 nitrogen and oxygen atoms in total. The normalized spacial score (nSPS) is 15.3. The fourth-order valence-electron chi connectivity index (χ4n) is 4.55. The quantitative estimate of drug-likeness (QED) is 0.426. The van der Waals surface area contributed by atoms with Gasteiger partial charge in [0.15, 0.2) is 0 Å². The van der Waals surface area contributed by atoms with Crippen molar-refractivity contribution >= 4 is 34.6 Å². The standard InChI is InChI=1S/C27H24N4/c1-13-7-19-22(10-16(13)4)28-26-21-9-15(3)18(6)12-24(21)30-27-20-8-14(2)17(5)11-23(20)29-25(19)31(26)27/h7-12H,1-6H3.